The first-order valence-corrected chi connectivity index (χ1v) is 6.48. The van der Waals surface area contributed by atoms with Crippen LogP contribution < -0.4 is 0 Å². The predicted molar refractivity (Wildman–Crippen MR) is 62.6 cm³/mol. The topological polar surface area (TPSA) is 169 Å². The van der Waals surface area contributed by atoms with Crippen LogP contribution in [0.4, 0.5) is 0 Å². The fourth-order valence-corrected chi connectivity index (χ4v) is 2.26. The lowest BCUT2D eigenvalue weighted by Crippen LogP contribution is -2.62. The molecule has 0 aromatic rings. The maximum atomic E-state index is 9.78. The Labute approximate surface area is 119 Å². The molecule has 0 unspecified atom stereocenters. The Balaban J connectivity index is 2.06. The summed E-state index contributed by atoms with van der Waals surface area (Å²) in [5.41, 5.74) is 0. The molecule has 0 aliphatic carbocycles. The van der Waals surface area contributed by atoms with Crippen LogP contribution in [0.25, 0.3) is 0 Å². The maximum absolute atomic E-state index is 9.78. The van der Waals surface area contributed by atoms with Gasteiger partial charge >= 0.3 is 0 Å². The molecule has 0 aromatic carbocycles. The van der Waals surface area contributed by atoms with Crippen molar-refractivity contribution in [3.63, 3.8) is 0 Å². The van der Waals surface area contributed by atoms with Crippen LogP contribution in [0, 0.1) is 0 Å². The van der Waals surface area contributed by atoms with E-state index in [4.69, 9.17) is 19.3 Å². The first kappa shape index (κ1) is 17.0. The van der Waals surface area contributed by atoms with Crippen LogP contribution in [0.15, 0.2) is 0 Å². The third-order valence-corrected chi connectivity index (χ3v) is 3.59. The summed E-state index contributed by atoms with van der Waals surface area (Å²) >= 11 is 0. The number of aliphatic hydroxyl groups is 7. The number of rotatable bonds is 3. The first-order chi connectivity index (χ1) is 9.86. The van der Waals surface area contributed by atoms with Crippen molar-refractivity contribution in [2.45, 2.75) is 55.3 Å². The van der Waals surface area contributed by atoms with E-state index < -0.39 is 61.9 Å². The third kappa shape index (κ3) is 3.35. The molecule has 124 valence electrons. The SMILES string of the molecule is OC[C@H]1O[C@@H](O[C@@H]2[C@@H](O)[C@@H](O)CO[C@H]2O)[C@H](O)[C@@H](O)[C@@H]1O. The minimum absolute atomic E-state index is 0.295. The van der Waals surface area contributed by atoms with Crippen LogP contribution in [-0.2, 0) is 14.2 Å². The molecule has 0 amide bonds. The van der Waals surface area contributed by atoms with Gasteiger partial charge in [0.15, 0.2) is 12.6 Å². The molecular formula is C11H20O10. The predicted octanol–water partition coefficient (Wildman–Crippen LogP) is -4.76. The van der Waals surface area contributed by atoms with Crippen molar-refractivity contribution in [1.29, 1.82) is 0 Å². The molecule has 2 rings (SSSR count). The Morgan fingerprint density at radius 1 is 0.905 bits per heavy atom. The van der Waals surface area contributed by atoms with Crippen LogP contribution in [0.3, 0.4) is 0 Å². The van der Waals surface area contributed by atoms with Crippen molar-refractivity contribution in [1.82, 2.24) is 0 Å². The van der Waals surface area contributed by atoms with Gasteiger partial charge in [-0.15, -0.1) is 0 Å². The van der Waals surface area contributed by atoms with Gasteiger partial charge in [0.1, 0.15) is 42.7 Å². The fraction of sp³-hybridized carbons (Fsp3) is 1.00. The first-order valence-electron chi connectivity index (χ1n) is 6.48. The van der Waals surface area contributed by atoms with E-state index in [0.717, 1.165) is 0 Å². The van der Waals surface area contributed by atoms with E-state index in [1.165, 1.54) is 0 Å². The Morgan fingerprint density at radius 3 is 2.19 bits per heavy atom. The molecule has 0 aromatic heterocycles. The summed E-state index contributed by atoms with van der Waals surface area (Å²) in [5, 5.41) is 66.8. The van der Waals surface area contributed by atoms with Gasteiger partial charge in [-0.1, -0.05) is 0 Å². The van der Waals surface area contributed by atoms with E-state index in [1.54, 1.807) is 0 Å². The van der Waals surface area contributed by atoms with E-state index >= 15 is 0 Å². The van der Waals surface area contributed by atoms with Gasteiger partial charge in [0, 0.05) is 0 Å². The van der Waals surface area contributed by atoms with Gasteiger partial charge in [-0.2, -0.15) is 0 Å². The molecule has 10 nitrogen and oxygen atoms in total. The van der Waals surface area contributed by atoms with E-state index in [2.05, 4.69) is 0 Å². The second kappa shape index (κ2) is 6.79. The molecule has 7 N–H and O–H groups in total. The van der Waals surface area contributed by atoms with E-state index in [9.17, 15) is 30.6 Å². The van der Waals surface area contributed by atoms with Gasteiger partial charge in [0.05, 0.1) is 13.2 Å². The molecular weight excluding hydrogens is 292 g/mol. The second-order valence-electron chi connectivity index (χ2n) is 5.08. The van der Waals surface area contributed by atoms with Gasteiger partial charge in [0.2, 0.25) is 0 Å². The summed E-state index contributed by atoms with van der Waals surface area (Å²) in [6, 6.07) is 0. The highest BCUT2D eigenvalue weighted by molar-refractivity contribution is 4.91. The van der Waals surface area contributed by atoms with Crippen LogP contribution in [0.1, 0.15) is 0 Å². The number of ether oxygens (including phenoxy) is 3. The molecule has 0 radical (unpaired) electrons. The lowest BCUT2D eigenvalue weighted by atomic mass is 9.99. The smallest absolute Gasteiger partial charge is 0.187 e. The molecule has 0 spiro atoms. The lowest BCUT2D eigenvalue weighted by molar-refractivity contribution is -0.352. The maximum Gasteiger partial charge on any atom is 0.187 e. The highest BCUT2D eigenvalue weighted by Crippen LogP contribution is 2.26. The van der Waals surface area contributed by atoms with Crippen LogP contribution >= 0.6 is 0 Å². The highest BCUT2D eigenvalue weighted by atomic mass is 16.7. The molecule has 0 saturated carbocycles. The molecule has 2 aliphatic heterocycles. The van der Waals surface area contributed by atoms with Crippen molar-refractivity contribution in [2.24, 2.45) is 0 Å². The summed E-state index contributed by atoms with van der Waals surface area (Å²) in [6.45, 7) is -0.934. The normalized spacial score (nSPS) is 51.9. The number of aliphatic hydroxyl groups excluding tert-OH is 7. The van der Waals surface area contributed by atoms with Crippen molar-refractivity contribution in [3.05, 3.63) is 0 Å². The Hall–Kier alpha value is -0.400. The molecule has 2 fully saturated rings. The van der Waals surface area contributed by atoms with E-state index in [-0.39, 0.29) is 6.61 Å². The summed E-state index contributed by atoms with van der Waals surface area (Å²) in [6.07, 6.45) is -13.4. The zero-order valence-electron chi connectivity index (χ0n) is 11.0. The van der Waals surface area contributed by atoms with Crippen LogP contribution in [0.5, 0.6) is 0 Å². The van der Waals surface area contributed by atoms with Gasteiger partial charge in [-0.3, -0.25) is 0 Å². The molecule has 21 heavy (non-hydrogen) atoms. The standard InChI is InChI=1S/C11H20O10/c12-1-4-6(15)7(16)8(17)11(20-4)21-9-5(14)3(13)2-19-10(9)18/h3-18H,1-2H2/t3-,4+,5-,6+,7-,8+,9+,10+,11-/m0/s1. The zero-order chi connectivity index (χ0) is 15.7. The van der Waals surface area contributed by atoms with E-state index in [1.807, 2.05) is 0 Å². The number of hydrogen-bond acceptors (Lipinski definition) is 10. The summed E-state index contributed by atoms with van der Waals surface area (Å²) in [5.74, 6) is 0. The van der Waals surface area contributed by atoms with Crippen molar-refractivity contribution in [2.75, 3.05) is 13.2 Å². The van der Waals surface area contributed by atoms with Crippen molar-refractivity contribution in [3.8, 4) is 0 Å². The third-order valence-electron chi connectivity index (χ3n) is 3.59. The monoisotopic (exact) mass is 312 g/mol. The van der Waals surface area contributed by atoms with Crippen LogP contribution in [-0.4, -0.2) is 104 Å². The van der Waals surface area contributed by atoms with Gasteiger partial charge < -0.3 is 50.0 Å². The quantitative estimate of drug-likeness (QED) is 0.268. The number of hydrogen-bond donors (Lipinski definition) is 7. The van der Waals surface area contributed by atoms with Gasteiger partial charge in [-0.25, -0.2) is 0 Å². The highest BCUT2D eigenvalue weighted by Gasteiger charge is 2.48. The zero-order valence-corrected chi connectivity index (χ0v) is 11.0. The molecule has 2 saturated heterocycles. The Morgan fingerprint density at radius 2 is 1.57 bits per heavy atom. The summed E-state index contributed by atoms with van der Waals surface area (Å²) in [7, 11) is 0. The minimum atomic E-state index is -1.68. The summed E-state index contributed by atoms with van der Waals surface area (Å²) in [4.78, 5) is 0. The lowest BCUT2D eigenvalue weighted by Gasteiger charge is -2.43. The average molecular weight is 312 g/mol. The largest absolute Gasteiger partial charge is 0.394 e. The second-order valence-corrected chi connectivity index (χ2v) is 5.08. The van der Waals surface area contributed by atoms with E-state index in [0.29, 0.717) is 0 Å². The van der Waals surface area contributed by atoms with Crippen molar-refractivity contribution >= 4 is 0 Å². The molecule has 2 aliphatic rings. The minimum Gasteiger partial charge on any atom is -0.394 e. The van der Waals surface area contributed by atoms with Gasteiger partial charge in [0.25, 0.3) is 0 Å². The Kier molecular flexibility index (Phi) is 5.48. The Bertz CT molecular complexity index is 339. The molecule has 10 heteroatoms. The fourth-order valence-electron chi connectivity index (χ4n) is 2.26. The molecule has 0 bridgehead atoms. The van der Waals surface area contributed by atoms with Crippen LogP contribution in [0.2, 0.25) is 0 Å². The van der Waals surface area contributed by atoms with Gasteiger partial charge in [-0.05, 0) is 0 Å². The average Bonchev–Trinajstić information content (AvgIpc) is 2.47. The summed E-state index contributed by atoms with van der Waals surface area (Å²) < 4.78 is 15.0. The van der Waals surface area contributed by atoms with Crippen molar-refractivity contribution < 1.29 is 50.0 Å². The molecule has 9 atom stereocenters. The molecule has 2 heterocycles.